The highest BCUT2D eigenvalue weighted by Gasteiger charge is 2.27. The number of rotatable bonds is 15. The molecule has 2 saturated heterocycles. The number of hydrogen-bond donors (Lipinski definition) is 1. The summed E-state index contributed by atoms with van der Waals surface area (Å²) in [5.74, 6) is 3.66. The minimum Gasteiger partial charge on any atom is -0.489 e. The summed E-state index contributed by atoms with van der Waals surface area (Å²) >= 11 is 0. The molecular weight excluding hydrogens is 740 g/mol. The molecular formula is C41H56ClF2N9O3. The van der Waals surface area contributed by atoms with Gasteiger partial charge in [-0.15, -0.1) is 12.4 Å². The molecule has 2 fully saturated rings. The molecule has 15 heteroatoms. The van der Waals surface area contributed by atoms with Crippen molar-refractivity contribution in [2.24, 2.45) is 5.73 Å². The van der Waals surface area contributed by atoms with Crippen LogP contribution in [0.25, 0.3) is 0 Å². The molecule has 0 radical (unpaired) electrons. The Labute approximate surface area is 335 Å². The van der Waals surface area contributed by atoms with E-state index in [0.717, 1.165) is 92.3 Å². The molecule has 2 aliphatic heterocycles. The predicted octanol–water partition coefficient (Wildman–Crippen LogP) is 6.95. The van der Waals surface area contributed by atoms with Gasteiger partial charge in [0.1, 0.15) is 35.3 Å². The standard InChI is InChI=1S/C22H28F2N4O2.C19H27N5O.ClH/c1-4-27(3)22-25-11-9-20(26-22)28-12-10-18(14-28)30-17-7-5-16(6-8-17)15(2)13-19(29)21(23)24;1-4-23(3)19-21-11-9-18(22-19)24-12-10-17(13-24)25-16-7-5-15(6-8-16)14(2)20;/h5-9,11,15,18,21H,4,10,12-14H2,1-3H3;5-9,11,14,17H,4,10,12-13,20H2,1-3H3;1H/t15-,18?;14-,17?;/m10./s1. The minimum absolute atomic E-state index is 0. The number of ketones is 1. The van der Waals surface area contributed by atoms with Crippen molar-refractivity contribution in [1.29, 1.82) is 0 Å². The minimum atomic E-state index is -2.91. The summed E-state index contributed by atoms with van der Waals surface area (Å²) in [6.45, 7) is 13.0. The lowest BCUT2D eigenvalue weighted by Crippen LogP contribution is -2.26. The van der Waals surface area contributed by atoms with Crippen molar-refractivity contribution in [3.05, 3.63) is 84.2 Å². The van der Waals surface area contributed by atoms with E-state index >= 15 is 0 Å². The summed E-state index contributed by atoms with van der Waals surface area (Å²) < 4.78 is 37.1. The zero-order valence-corrected chi connectivity index (χ0v) is 34.0. The van der Waals surface area contributed by atoms with Gasteiger partial charge in [0.05, 0.1) is 13.1 Å². The number of carbonyl (C=O) groups excluding carboxylic acids is 1. The van der Waals surface area contributed by atoms with Gasteiger partial charge >= 0.3 is 0 Å². The SMILES string of the molecule is CCN(C)c1nccc(N2CCC(Oc3ccc([C@H](C)CC(=O)C(F)F)cc3)C2)n1.CCN(C)c1nccc(N2CCC(Oc3ccc([C@H](C)N)cc3)C2)n1.Cl. The van der Waals surface area contributed by atoms with Crippen LogP contribution in [0.5, 0.6) is 11.5 Å². The first-order valence-electron chi connectivity index (χ1n) is 19.1. The van der Waals surface area contributed by atoms with E-state index < -0.39 is 12.2 Å². The zero-order valence-electron chi connectivity index (χ0n) is 33.2. The third kappa shape index (κ3) is 12.1. The first-order chi connectivity index (χ1) is 26.4. The quantitative estimate of drug-likeness (QED) is 0.134. The molecule has 4 aromatic rings. The van der Waals surface area contributed by atoms with E-state index in [1.807, 2.05) is 97.7 Å². The van der Waals surface area contributed by atoms with Crippen molar-refractivity contribution in [3.63, 3.8) is 0 Å². The van der Waals surface area contributed by atoms with Gasteiger partial charge < -0.3 is 34.8 Å². The molecule has 0 saturated carbocycles. The molecule has 0 bridgehead atoms. The first kappa shape index (κ1) is 43.9. The Bertz CT molecular complexity index is 1810. The molecule has 4 heterocycles. The number of aromatic nitrogens is 4. The summed E-state index contributed by atoms with van der Waals surface area (Å²) in [6, 6.07) is 19.3. The Morgan fingerprint density at radius 1 is 0.768 bits per heavy atom. The number of anilines is 4. The van der Waals surface area contributed by atoms with Crippen LogP contribution in [0.1, 0.15) is 70.0 Å². The number of benzene rings is 2. The summed E-state index contributed by atoms with van der Waals surface area (Å²) in [4.78, 5) is 37.7. The number of nitrogens with two attached hydrogens (primary N) is 1. The van der Waals surface area contributed by atoms with Gasteiger partial charge in [-0.05, 0) is 74.2 Å². The zero-order chi connectivity index (χ0) is 39.5. The Hall–Kier alpha value is -4.82. The molecule has 0 spiro atoms. The van der Waals surface area contributed by atoms with Gasteiger partial charge in [-0.25, -0.2) is 18.7 Å². The fourth-order valence-corrected chi connectivity index (χ4v) is 6.36. The highest BCUT2D eigenvalue weighted by molar-refractivity contribution is 5.85. The Kier molecular flexibility index (Phi) is 16.4. The maximum absolute atomic E-state index is 12.4. The topological polar surface area (TPSA) is 126 Å². The van der Waals surface area contributed by atoms with Gasteiger partial charge in [-0.2, -0.15) is 9.97 Å². The second-order valence-electron chi connectivity index (χ2n) is 14.2. The van der Waals surface area contributed by atoms with Crippen LogP contribution in [0.4, 0.5) is 32.3 Å². The molecule has 304 valence electrons. The van der Waals surface area contributed by atoms with Gasteiger partial charge in [0.15, 0.2) is 5.78 Å². The van der Waals surface area contributed by atoms with E-state index in [1.165, 1.54) is 0 Å². The summed E-state index contributed by atoms with van der Waals surface area (Å²) in [6.07, 6.45) is 2.60. The molecule has 2 unspecified atom stereocenters. The highest BCUT2D eigenvalue weighted by atomic mass is 35.5. The molecule has 0 amide bonds. The van der Waals surface area contributed by atoms with Gasteiger partial charge in [0, 0.05) is 78.0 Å². The van der Waals surface area contributed by atoms with Crippen molar-refractivity contribution < 1.29 is 23.0 Å². The smallest absolute Gasteiger partial charge is 0.296 e. The average molecular weight is 796 g/mol. The van der Waals surface area contributed by atoms with E-state index in [2.05, 4.69) is 43.6 Å². The van der Waals surface area contributed by atoms with Crippen LogP contribution in [0, 0.1) is 0 Å². The normalized spacial score (nSPS) is 17.4. The van der Waals surface area contributed by atoms with Crippen LogP contribution in [-0.2, 0) is 4.79 Å². The number of ether oxygens (including phenoxy) is 2. The third-order valence-corrected chi connectivity index (χ3v) is 10.0. The van der Waals surface area contributed by atoms with E-state index in [-0.39, 0.29) is 43.0 Å². The lowest BCUT2D eigenvalue weighted by atomic mass is 9.96. The maximum Gasteiger partial charge on any atom is 0.296 e. The number of hydrogen-bond acceptors (Lipinski definition) is 12. The van der Waals surface area contributed by atoms with Crippen molar-refractivity contribution >= 4 is 41.7 Å². The molecule has 12 nitrogen and oxygen atoms in total. The van der Waals surface area contributed by atoms with Crippen molar-refractivity contribution in [3.8, 4) is 11.5 Å². The Morgan fingerprint density at radius 3 is 1.59 bits per heavy atom. The predicted molar refractivity (Wildman–Crippen MR) is 221 cm³/mol. The number of halogens is 3. The number of carbonyl (C=O) groups is 1. The Balaban J connectivity index is 0.000000248. The summed E-state index contributed by atoms with van der Waals surface area (Å²) in [5, 5.41) is 0. The molecule has 56 heavy (non-hydrogen) atoms. The first-order valence-corrected chi connectivity index (χ1v) is 19.1. The highest BCUT2D eigenvalue weighted by Crippen LogP contribution is 2.27. The van der Waals surface area contributed by atoms with Crippen LogP contribution in [-0.4, -0.2) is 97.7 Å². The second kappa shape index (κ2) is 20.9. The summed E-state index contributed by atoms with van der Waals surface area (Å²) in [7, 11) is 3.96. The fraction of sp³-hybridized carbons (Fsp3) is 0.488. The molecule has 2 aromatic carbocycles. The molecule has 4 atom stereocenters. The van der Waals surface area contributed by atoms with Crippen molar-refractivity contribution in [1.82, 2.24) is 19.9 Å². The van der Waals surface area contributed by atoms with E-state index in [0.29, 0.717) is 5.95 Å². The second-order valence-corrected chi connectivity index (χ2v) is 14.2. The largest absolute Gasteiger partial charge is 0.489 e. The molecule has 6 rings (SSSR count). The molecule has 0 aliphatic carbocycles. The number of Topliss-reactive ketones (excluding diaryl/α,β-unsaturated/α-hetero) is 1. The molecule has 2 aromatic heterocycles. The van der Waals surface area contributed by atoms with Gasteiger partial charge in [-0.1, -0.05) is 31.2 Å². The van der Waals surface area contributed by atoms with Crippen molar-refractivity contribution in [2.45, 2.75) is 77.6 Å². The van der Waals surface area contributed by atoms with Crippen LogP contribution in [0.2, 0.25) is 0 Å². The Morgan fingerprint density at radius 2 is 1.20 bits per heavy atom. The lowest BCUT2D eigenvalue weighted by molar-refractivity contribution is -0.129. The van der Waals surface area contributed by atoms with Gasteiger partial charge in [0.2, 0.25) is 11.9 Å². The van der Waals surface area contributed by atoms with Crippen LogP contribution >= 0.6 is 12.4 Å². The maximum atomic E-state index is 12.4. The fourth-order valence-electron chi connectivity index (χ4n) is 6.36. The average Bonchev–Trinajstić information content (AvgIpc) is 3.88. The van der Waals surface area contributed by atoms with E-state index in [1.54, 1.807) is 13.1 Å². The van der Waals surface area contributed by atoms with Gasteiger partial charge in [0.25, 0.3) is 6.43 Å². The van der Waals surface area contributed by atoms with E-state index in [4.69, 9.17) is 15.2 Å². The summed E-state index contributed by atoms with van der Waals surface area (Å²) in [5.41, 5.74) is 7.86. The third-order valence-electron chi connectivity index (χ3n) is 10.0. The molecule has 2 N–H and O–H groups in total. The van der Waals surface area contributed by atoms with Crippen LogP contribution in [0.15, 0.2) is 73.1 Å². The number of nitrogens with zero attached hydrogens (tertiary/aromatic N) is 8. The van der Waals surface area contributed by atoms with Crippen LogP contribution < -0.4 is 34.8 Å². The lowest BCUT2D eigenvalue weighted by Gasteiger charge is -2.20. The van der Waals surface area contributed by atoms with E-state index in [9.17, 15) is 13.6 Å². The van der Waals surface area contributed by atoms with Crippen molar-refractivity contribution in [2.75, 3.05) is 73.0 Å². The number of alkyl halides is 2. The van der Waals surface area contributed by atoms with Gasteiger partial charge in [-0.3, -0.25) is 4.79 Å². The monoisotopic (exact) mass is 795 g/mol. The molecule has 2 aliphatic rings. The van der Waals surface area contributed by atoms with Crippen LogP contribution in [0.3, 0.4) is 0 Å².